The average Bonchev–Trinajstić information content (AvgIpc) is 3.29. The molecule has 0 spiro atoms. The van der Waals surface area contributed by atoms with E-state index in [9.17, 15) is 4.79 Å². The van der Waals surface area contributed by atoms with E-state index < -0.39 is 0 Å². The van der Waals surface area contributed by atoms with E-state index in [-0.39, 0.29) is 29.9 Å². The predicted molar refractivity (Wildman–Crippen MR) is 138 cm³/mol. The van der Waals surface area contributed by atoms with Gasteiger partial charge in [-0.3, -0.25) is 9.79 Å². The SMILES string of the molecule is CCC(CC)c1cc(CNC(=NC)NCc2ccc(C(=O)N3CCCCC3)cc2)on1.I. The second kappa shape index (κ2) is 13.4. The highest BCUT2D eigenvalue weighted by atomic mass is 127. The van der Waals surface area contributed by atoms with Crippen LogP contribution >= 0.6 is 24.0 Å². The van der Waals surface area contributed by atoms with Crippen molar-refractivity contribution in [2.24, 2.45) is 4.99 Å². The summed E-state index contributed by atoms with van der Waals surface area (Å²) in [6.45, 7) is 7.22. The van der Waals surface area contributed by atoms with Crippen molar-refractivity contribution in [2.45, 2.75) is 65.0 Å². The number of carbonyl (C=O) groups is 1. The molecule has 2 aromatic rings. The van der Waals surface area contributed by atoms with Gasteiger partial charge in [0, 0.05) is 44.2 Å². The van der Waals surface area contributed by atoms with E-state index in [2.05, 4.69) is 34.6 Å². The first-order valence-electron chi connectivity index (χ1n) is 11.4. The van der Waals surface area contributed by atoms with E-state index in [1.807, 2.05) is 35.2 Å². The Morgan fingerprint density at radius 1 is 1.09 bits per heavy atom. The van der Waals surface area contributed by atoms with Crippen LogP contribution in [-0.2, 0) is 13.1 Å². The monoisotopic (exact) mass is 553 g/mol. The Labute approximate surface area is 208 Å². The highest BCUT2D eigenvalue weighted by Crippen LogP contribution is 2.22. The third-order valence-electron chi connectivity index (χ3n) is 5.94. The number of rotatable bonds is 8. The molecular formula is C24H36IN5O2. The molecule has 0 bridgehead atoms. The van der Waals surface area contributed by atoms with Crippen molar-refractivity contribution in [1.29, 1.82) is 0 Å². The molecule has 1 aromatic carbocycles. The zero-order valence-corrected chi connectivity index (χ0v) is 21.7. The molecule has 1 aromatic heterocycles. The molecule has 0 radical (unpaired) electrons. The molecule has 1 aliphatic heterocycles. The van der Waals surface area contributed by atoms with Gasteiger partial charge in [-0.15, -0.1) is 24.0 Å². The maximum Gasteiger partial charge on any atom is 0.253 e. The molecule has 1 amide bonds. The van der Waals surface area contributed by atoms with E-state index in [1.54, 1.807) is 7.05 Å². The first kappa shape index (κ1) is 26.2. The van der Waals surface area contributed by atoms with Crippen LogP contribution in [0, 0.1) is 0 Å². The van der Waals surface area contributed by atoms with E-state index >= 15 is 0 Å². The normalized spacial score (nSPS) is 14.2. The number of nitrogens with zero attached hydrogens (tertiary/aromatic N) is 3. The zero-order valence-electron chi connectivity index (χ0n) is 19.4. The van der Waals surface area contributed by atoms with Gasteiger partial charge in [0.25, 0.3) is 5.91 Å². The second-order valence-corrected chi connectivity index (χ2v) is 8.06. The standard InChI is InChI=1S/C24H35N5O2.HI/c1-4-19(5-2)22-15-21(31-28-22)17-27-24(25-3)26-16-18-9-11-20(12-10-18)23(30)29-13-7-6-8-14-29;/h9-12,15,19H,4-8,13-14,16-17H2,1-3H3,(H2,25,26,27);1H. The Morgan fingerprint density at radius 2 is 1.75 bits per heavy atom. The van der Waals surface area contributed by atoms with Gasteiger partial charge in [-0.1, -0.05) is 31.1 Å². The number of piperidine rings is 1. The number of amides is 1. The molecule has 0 aliphatic carbocycles. The number of hydrogen-bond donors (Lipinski definition) is 2. The van der Waals surface area contributed by atoms with E-state index in [1.165, 1.54) is 6.42 Å². The van der Waals surface area contributed by atoms with Crippen molar-refractivity contribution in [1.82, 2.24) is 20.7 Å². The fraction of sp³-hybridized carbons (Fsp3) is 0.542. The summed E-state index contributed by atoms with van der Waals surface area (Å²) in [5, 5.41) is 10.8. The molecule has 3 rings (SSSR count). The Bertz CT molecular complexity index is 856. The fourth-order valence-corrected chi connectivity index (χ4v) is 3.93. The third-order valence-corrected chi connectivity index (χ3v) is 5.94. The van der Waals surface area contributed by atoms with Crippen LogP contribution in [0.4, 0.5) is 0 Å². The number of aromatic nitrogens is 1. The maximum absolute atomic E-state index is 12.6. The van der Waals surface area contributed by atoms with Crippen molar-refractivity contribution >= 4 is 35.8 Å². The summed E-state index contributed by atoms with van der Waals surface area (Å²) < 4.78 is 5.46. The fourth-order valence-electron chi connectivity index (χ4n) is 3.93. The molecule has 8 heteroatoms. The number of halogens is 1. The first-order chi connectivity index (χ1) is 15.1. The van der Waals surface area contributed by atoms with Crippen molar-refractivity contribution < 1.29 is 9.32 Å². The second-order valence-electron chi connectivity index (χ2n) is 8.06. The lowest BCUT2D eigenvalue weighted by molar-refractivity contribution is 0.0724. The van der Waals surface area contributed by atoms with Gasteiger partial charge in [0.05, 0.1) is 12.2 Å². The molecule has 1 aliphatic rings. The van der Waals surface area contributed by atoms with E-state index in [0.29, 0.717) is 25.0 Å². The van der Waals surface area contributed by atoms with Crippen molar-refractivity contribution in [3.8, 4) is 0 Å². The molecular weight excluding hydrogens is 517 g/mol. The minimum absolute atomic E-state index is 0. The van der Waals surface area contributed by atoms with Crippen LogP contribution in [0.1, 0.15) is 79.2 Å². The Balaban J connectivity index is 0.00000363. The first-order valence-corrected chi connectivity index (χ1v) is 11.4. The summed E-state index contributed by atoms with van der Waals surface area (Å²) in [6.07, 6.45) is 5.54. The molecule has 1 fully saturated rings. The minimum Gasteiger partial charge on any atom is -0.359 e. The molecule has 0 atom stereocenters. The lowest BCUT2D eigenvalue weighted by Crippen LogP contribution is -2.36. The molecule has 2 heterocycles. The van der Waals surface area contributed by atoms with E-state index in [0.717, 1.165) is 61.4 Å². The molecule has 2 N–H and O–H groups in total. The van der Waals surface area contributed by atoms with Crippen LogP contribution < -0.4 is 10.6 Å². The highest BCUT2D eigenvalue weighted by Gasteiger charge is 2.18. The predicted octanol–water partition coefficient (Wildman–Crippen LogP) is 4.69. The van der Waals surface area contributed by atoms with Crippen LogP contribution in [0.15, 0.2) is 39.8 Å². The van der Waals surface area contributed by atoms with Gasteiger partial charge in [-0.05, 0) is 49.8 Å². The number of carbonyl (C=O) groups excluding carboxylic acids is 1. The van der Waals surface area contributed by atoms with Gasteiger partial charge in [0.15, 0.2) is 11.7 Å². The zero-order chi connectivity index (χ0) is 22.1. The number of hydrogen-bond acceptors (Lipinski definition) is 4. The smallest absolute Gasteiger partial charge is 0.253 e. The third kappa shape index (κ3) is 7.21. The number of likely N-dealkylation sites (tertiary alicyclic amines) is 1. The van der Waals surface area contributed by atoms with Crippen LogP contribution in [-0.4, -0.2) is 42.1 Å². The largest absolute Gasteiger partial charge is 0.359 e. The molecule has 7 nitrogen and oxygen atoms in total. The number of nitrogens with one attached hydrogen (secondary N) is 2. The highest BCUT2D eigenvalue weighted by molar-refractivity contribution is 14.0. The van der Waals surface area contributed by atoms with Gasteiger partial charge in [-0.25, -0.2) is 0 Å². The minimum atomic E-state index is 0. The molecule has 0 saturated carbocycles. The summed E-state index contributed by atoms with van der Waals surface area (Å²) >= 11 is 0. The lowest BCUT2D eigenvalue weighted by Gasteiger charge is -2.26. The van der Waals surface area contributed by atoms with Gasteiger partial charge in [0.2, 0.25) is 0 Å². The number of benzene rings is 1. The van der Waals surface area contributed by atoms with Crippen LogP contribution in [0.3, 0.4) is 0 Å². The van der Waals surface area contributed by atoms with Gasteiger partial charge >= 0.3 is 0 Å². The van der Waals surface area contributed by atoms with E-state index in [4.69, 9.17) is 4.52 Å². The van der Waals surface area contributed by atoms with Crippen molar-refractivity contribution in [3.63, 3.8) is 0 Å². The Kier molecular flexibility index (Phi) is 11.0. The van der Waals surface area contributed by atoms with Crippen molar-refractivity contribution in [2.75, 3.05) is 20.1 Å². The quantitative estimate of drug-likeness (QED) is 0.282. The van der Waals surface area contributed by atoms with Gasteiger partial charge in [0.1, 0.15) is 0 Å². The Morgan fingerprint density at radius 3 is 2.38 bits per heavy atom. The summed E-state index contributed by atoms with van der Waals surface area (Å²) in [7, 11) is 1.74. The summed E-state index contributed by atoms with van der Waals surface area (Å²) in [6, 6.07) is 9.85. The Hall–Kier alpha value is -2.10. The van der Waals surface area contributed by atoms with Crippen LogP contribution in [0.2, 0.25) is 0 Å². The molecule has 176 valence electrons. The van der Waals surface area contributed by atoms with Crippen LogP contribution in [0.5, 0.6) is 0 Å². The molecule has 0 unspecified atom stereocenters. The lowest BCUT2D eigenvalue weighted by atomic mass is 9.99. The van der Waals surface area contributed by atoms with Crippen molar-refractivity contribution in [3.05, 3.63) is 52.9 Å². The summed E-state index contributed by atoms with van der Waals surface area (Å²) in [5.74, 6) is 2.07. The topological polar surface area (TPSA) is 82.8 Å². The average molecular weight is 553 g/mol. The number of aliphatic imine (C=N–C) groups is 1. The molecule has 1 saturated heterocycles. The molecule has 32 heavy (non-hydrogen) atoms. The summed E-state index contributed by atoms with van der Waals surface area (Å²) in [5.41, 5.74) is 2.87. The summed E-state index contributed by atoms with van der Waals surface area (Å²) in [4.78, 5) is 18.8. The van der Waals surface area contributed by atoms with Gasteiger partial charge < -0.3 is 20.1 Å². The van der Waals surface area contributed by atoms with Crippen LogP contribution in [0.25, 0.3) is 0 Å². The maximum atomic E-state index is 12.6. The number of guanidine groups is 1. The van der Waals surface area contributed by atoms with Gasteiger partial charge in [-0.2, -0.15) is 0 Å².